The summed E-state index contributed by atoms with van der Waals surface area (Å²) in [5.41, 5.74) is 0.211. The van der Waals surface area contributed by atoms with Crippen LogP contribution in [0.1, 0.15) is 17.3 Å². The number of nitrogens with zero attached hydrogens (tertiary/aromatic N) is 2. The lowest BCUT2D eigenvalue weighted by molar-refractivity contribution is -0.113. The van der Waals surface area contributed by atoms with Gasteiger partial charge in [0.15, 0.2) is 5.82 Å². The van der Waals surface area contributed by atoms with E-state index in [-0.39, 0.29) is 23.9 Å². The molecule has 1 heterocycles. The molecule has 0 aliphatic heterocycles. The summed E-state index contributed by atoms with van der Waals surface area (Å²) in [7, 11) is 1.64. The number of nitrogens with one attached hydrogen (secondary N) is 1. The van der Waals surface area contributed by atoms with Gasteiger partial charge in [0.1, 0.15) is 11.4 Å². The second-order valence-corrected chi connectivity index (χ2v) is 3.23. The zero-order valence-electron chi connectivity index (χ0n) is 8.99. The maximum absolute atomic E-state index is 11.5. The highest BCUT2D eigenvalue weighted by Crippen LogP contribution is 2.13. The Morgan fingerprint density at radius 1 is 1.62 bits per heavy atom. The van der Waals surface area contributed by atoms with Gasteiger partial charge in [-0.15, -0.1) is 11.6 Å². The van der Waals surface area contributed by atoms with Crippen LogP contribution in [0.5, 0.6) is 0 Å². The van der Waals surface area contributed by atoms with Crippen molar-refractivity contribution in [3.8, 4) is 0 Å². The highest BCUT2D eigenvalue weighted by Gasteiger charge is 2.18. The molecule has 16 heavy (non-hydrogen) atoms. The number of aromatic nitrogens is 2. The maximum Gasteiger partial charge on any atom is 0.343 e. The van der Waals surface area contributed by atoms with Gasteiger partial charge in [-0.05, 0) is 6.92 Å². The third-order valence-electron chi connectivity index (χ3n) is 1.70. The SMILES string of the molecule is CCOC(=O)c1cn(C)nc1NC(=O)CCl. The molecule has 0 bridgehead atoms. The van der Waals surface area contributed by atoms with Gasteiger partial charge in [0.25, 0.3) is 0 Å². The lowest BCUT2D eigenvalue weighted by atomic mass is 10.3. The van der Waals surface area contributed by atoms with E-state index in [9.17, 15) is 9.59 Å². The van der Waals surface area contributed by atoms with E-state index in [1.165, 1.54) is 10.9 Å². The highest BCUT2D eigenvalue weighted by molar-refractivity contribution is 6.29. The van der Waals surface area contributed by atoms with Crippen molar-refractivity contribution in [2.45, 2.75) is 6.92 Å². The largest absolute Gasteiger partial charge is 0.462 e. The Bertz CT molecular complexity index is 403. The lowest BCUT2D eigenvalue weighted by Gasteiger charge is -2.02. The molecule has 0 aromatic carbocycles. The first-order chi connectivity index (χ1) is 7.58. The highest BCUT2D eigenvalue weighted by atomic mass is 35.5. The van der Waals surface area contributed by atoms with Crippen LogP contribution in [0.25, 0.3) is 0 Å². The van der Waals surface area contributed by atoms with Crippen LogP contribution in [0.4, 0.5) is 5.82 Å². The molecule has 0 aliphatic rings. The molecule has 7 heteroatoms. The first-order valence-corrected chi connectivity index (χ1v) is 5.18. The third-order valence-corrected chi connectivity index (χ3v) is 1.95. The fraction of sp³-hybridized carbons (Fsp3) is 0.444. The first kappa shape index (κ1) is 12.5. The quantitative estimate of drug-likeness (QED) is 0.628. The summed E-state index contributed by atoms with van der Waals surface area (Å²) < 4.78 is 6.23. The molecule has 0 saturated heterocycles. The summed E-state index contributed by atoms with van der Waals surface area (Å²) in [6.45, 7) is 1.96. The summed E-state index contributed by atoms with van der Waals surface area (Å²) in [4.78, 5) is 22.6. The van der Waals surface area contributed by atoms with Crippen molar-refractivity contribution >= 4 is 29.3 Å². The summed E-state index contributed by atoms with van der Waals surface area (Å²) in [5.74, 6) is -0.989. The number of hydrogen-bond donors (Lipinski definition) is 1. The molecule has 0 fully saturated rings. The molecular weight excluding hydrogens is 234 g/mol. The smallest absolute Gasteiger partial charge is 0.343 e. The fourth-order valence-corrected chi connectivity index (χ4v) is 1.17. The zero-order chi connectivity index (χ0) is 12.1. The Balaban J connectivity index is 2.91. The number of esters is 1. The zero-order valence-corrected chi connectivity index (χ0v) is 9.74. The number of carbonyl (C=O) groups is 2. The van der Waals surface area contributed by atoms with Crippen molar-refractivity contribution in [1.29, 1.82) is 0 Å². The van der Waals surface area contributed by atoms with Crippen LogP contribution in [0, 0.1) is 0 Å². The Morgan fingerprint density at radius 3 is 2.88 bits per heavy atom. The van der Waals surface area contributed by atoms with Crippen molar-refractivity contribution in [1.82, 2.24) is 9.78 Å². The molecule has 1 N–H and O–H groups in total. The van der Waals surface area contributed by atoms with Gasteiger partial charge in [-0.25, -0.2) is 4.79 Å². The van der Waals surface area contributed by atoms with Gasteiger partial charge in [-0.3, -0.25) is 9.48 Å². The number of aryl methyl sites for hydroxylation is 1. The van der Waals surface area contributed by atoms with Crippen LogP contribution < -0.4 is 5.32 Å². The molecule has 0 radical (unpaired) electrons. The molecule has 0 spiro atoms. The summed E-state index contributed by atoms with van der Waals surface area (Å²) >= 11 is 5.34. The molecule has 6 nitrogen and oxygen atoms in total. The standard InChI is InChI=1S/C9H12ClN3O3/c1-3-16-9(15)6-5-13(2)12-8(6)11-7(14)4-10/h5H,3-4H2,1-2H3,(H,11,12,14). The van der Waals surface area contributed by atoms with Gasteiger partial charge in [-0.2, -0.15) is 5.10 Å². The number of anilines is 1. The van der Waals surface area contributed by atoms with Gasteiger partial charge in [0.05, 0.1) is 6.61 Å². The Hall–Kier alpha value is -1.56. The topological polar surface area (TPSA) is 73.2 Å². The molecule has 1 aromatic heterocycles. The molecule has 88 valence electrons. The summed E-state index contributed by atoms with van der Waals surface area (Å²) in [5, 5.41) is 6.34. The predicted molar refractivity (Wildman–Crippen MR) is 58.5 cm³/mol. The monoisotopic (exact) mass is 245 g/mol. The molecule has 0 aliphatic carbocycles. The van der Waals surface area contributed by atoms with Crippen LogP contribution >= 0.6 is 11.6 Å². The number of rotatable bonds is 4. The summed E-state index contributed by atoms with van der Waals surface area (Å²) in [6, 6.07) is 0. The van der Waals surface area contributed by atoms with Gasteiger partial charge in [0, 0.05) is 13.2 Å². The van der Waals surface area contributed by atoms with Gasteiger partial charge < -0.3 is 10.1 Å². The van der Waals surface area contributed by atoms with Gasteiger partial charge >= 0.3 is 5.97 Å². The number of amides is 1. The number of alkyl halides is 1. The molecule has 1 rings (SSSR count). The van der Waals surface area contributed by atoms with Crippen LogP contribution in [-0.4, -0.2) is 34.1 Å². The predicted octanol–water partition coefficient (Wildman–Crippen LogP) is 0.774. The van der Waals surface area contributed by atoms with E-state index in [1.807, 2.05) is 0 Å². The second-order valence-electron chi connectivity index (χ2n) is 2.97. The van der Waals surface area contributed by atoms with E-state index < -0.39 is 11.9 Å². The second kappa shape index (κ2) is 5.50. The number of halogens is 1. The Morgan fingerprint density at radius 2 is 2.31 bits per heavy atom. The van der Waals surface area contributed by atoms with E-state index in [0.717, 1.165) is 0 Å². The minimum atomic E-state index is -0.527. The van der Waals surface area contributed by atoms with Gasteiger partial charge in [0.2, 0.25) is 5.91 Å². The number of hydrogen-bond acceptors (Lipinski definition) is 4. The minimum Gasteiger partial charge on any atom is -0.462 e. The maximum atomic E-state index is 11.5. The lowest BCUT2D eigenvalue weighted by Crippen LogP contribution is -2.16. The average molecular weight is 246 g/mol. The Kier molecular flexibility index (Phi) is 4.30. The normalized spacial score (nSPS) is 9.94. The van der Waals surface area contributed by atoms with Crippen LogP contribution in [0.2, 0.25) is 0 Å². The van der Waals surface area contributed by atoms with Crippen molar-refractivity contribution in [3.05, 3.63) is 11.8 Å². The number of ether oxygens (including phenoxy) is 1. The van der Waals surface area contributed by atoms with Crippen LogP contribution in [0.15, 0.2) is 6.20 Å². The minimum absolute atomic E-state index is 0.159. The van der Waals surface area contributed by atoms with Crippen LogP contribution in [-0.2, 0) is 16.6 Å². The Labute approximate surface area is 97.5 Å². The van der Waals surface area contributed by atoms with Gasteiger partial charge in [-0.1, -0.05) is 0 Å². The molecule has 1 amide bonds. The molecule has 1 aromatic rings. The van der Waals surface area contributed by atoms with E-state index in [1.54, 1.807) is 14.0 Å². The number of carbonyl (C=O) groups excluding carboxylic acids is 2. The van der Waals surface area contributed by atoms with Crippen LogP contribution in [0.3, 0.4) is 0 Å². The third kappa shape index (κ3) is 2.96. The van der Waals surface area contributed by atoms with E-state index in [4.69, 9.17) is 16.3 Å². The van der Waals surface area contributed by atoms with Crippen molar-refractivity contribution in [2.75, 3.05) is 17.8 Å². The van der Waals surface area contributed by atoms with E-state index in [2.05, 4.69) is 10.4 Å². The molecule has 0 unspecified atom stereocenters. The molecule has 0 atom stereocenters. The van der Waals surface area contributed by atoms with E-state index >= 15 is 0 Å². The summed E-state index contributed by atoms with van der Waals surface area (Å²) in [6.07, 6.45) is 1.47. The molecule has 0 saturated carbocycles. The van der Waals surface area contributed by atoms with Crippen molar-refractivity contribution in [3.63, 3.8) is 0 Å². The first-order valence-electron chi connectivity index (χ1n) is 4.65. The van der Waals surface area contributed by atoms with Crippen molar-refractivity contribution < 1.29 is 14.3 Å². The average Bonchev–Trinajstić information content (AvgIpc) is 2.59. The van der Waals surface area contributed by atoms with E-state index in [0.29, 0.717) is 0 Å². The van der Waals surface area contributed by atoms with Crippen molar-refractivity contribution in [2.24, 2.45) is 7.05 Å². The molecular formula is C9H12ClN3O3. The fourth-order valence-electron chi connectivity index (χ4n) is 1.10.